The van der Waals surface area contributed by atoms with Gasteiger partial charge < -0.3 is 13.7 Å². The highest BCUT2D eigenvalue weighted by Crippen LogP contribution is 2.34. The molecular formula is C25H23N5O3S. The van der Waals surface area contributed by atoms with Gasteiger partial charge in [-0.15, -0.1) is 10.2 Å². The SMILES string of the molecule is COc1ccc(C2=NN(C(=O)CSc3nnc(-c4ccccc4)n3C)C(c3ccco3)C2)cc1. The second-order valence-electron chi connectivity index (χ2n) is 7.77. The quantitative estimate of drug-likeness (QED) is 0.366. The molecule has 0 fully saturated rings. The molecule has 1 amide bonds. The number of carbonyl (C=O) groups is 1. The van der Waals surface area contributed by atoms with Gasteiger partial charge >= 0.3 is 0 Å². The van der Waals surface area contributed by atoms with Crippen LogP contribution in [0.1, 0.15) is 23.8 Å². The summed E-state index contributed by atoms with van der Waals surface area (Å²) in [6.07, 6.45) is 2.18. The summed E-state index contributed by atoms with van der Waals surface area (Å²) in [7, 11) is 3.53. The van der Waals surface area contributed by atoms with Crippen molar-refractivity contribution in [1.82, 2.24) is 19.8 Å². The van der Waals surface area contributed by atoms with Crippen LogP contribution in [0.15, 0.2) is 87.7 Å². The number of nitrogens with zero attached hydrogens (tertiary/aromatic N) is 5. The molecule has 1 unspecified atom stereocenters. The van der Waals surface area contributed by atoms with Gasteiger partial charge in [-0.25, -0.2) is 5.01 Å². The number of benzene rings is 2. The van der Waals surface area contributed by atoms with Gasteiger partial charge in [0.25, 0.3) is 5.91 Å². The molecule has 1 aliphatic rings. The first kappa shape index (κ1) is 22.0. The first-order chi connectivity index (χ1) is 16.6. The van der Waals surface area contributed by atoms with Crippen molar-refractivity contribution in [3.8, 4) is 17.1 Å². The average molecular weight is 474 g/mol. The van der Waals surface area contributed by atoms with E-state index in [0.717, 1.165) is 28.4 Å². The fourth-order valence-corrected chi connectivity index (χ4v) is 4.64. The van der Waals surface area contributed by atoms with Crippen LogP contribution in [0, 0.1) is 0 Å². The zero-order valence-corrected chi connectivity index (χ0v) is 19.6. The van der Waals surface area contributed by atoms with Gasteiger partial charge in [0.15, 0.2) is 11.0 Å². The van der Waals surface area contributed by atoms with Crippen molar-refractivity contribution in [1.29, 1.82) is 0 Å². The van der Waals surface area contributed by atoms with Crippen molar-refractivity contribution in [2.24, 2.45) is 12.1 Å². The normalized spacial score (nSPS) is 15.4. The van der Waals surface area contributed by atoms with Gasteiger partial charge in [0.1, 0.15) is 17.6 Å². The number of rotatable bonds is 7. The summed E-state index contributed by atoms with van der Waals surface area (Å²) in [4.78, 5) is 13.3. The molecule has 1 aliphatic heterocycles. The number of carbonyl (C=O) groups excluding carboxylic acids is 1. The van der Waals surface area contributed by atoms with E-state index >= 15 is 0 Å². The zero-order valence-electron chi connectivity index (χ0n) is 18.8. The van der Waals surface area contributed by atoms with Gasteiger partial charge in [0.2, 0.25) is 0 Å². The number of furan rings is 1. The Bertz CT molecular complexity index is 1300. The molecule has 0 aliphatic carbocycles. The van der Waals surface area contributed by atoms with E-state index in [-0.39, 0.29) is 17.7 Å². The van der Waals surface area contributed by atoms with Crippen LogP contribution in [-0.4, -0.2) is 44.3 Å². The fraction of sp³-hybridized carbons (Fsp3) is 0.200. The van der Waals surface area contributed by atoms with E-state index in [1.165, 1.54) is 16.8 Å². The Balaban J connectivity index is 1.34. The first-order valence-corrected chi connectivity index (χ1v) is 11.8. The molecule has 172 valence electrons. The van der Waals surface area contributed by atoms with Crippen molar-refractivity contribution in [3.63, 3.8) is 0 Å². The highest BCUT2D eigenvalue weighted by molar-refractivity contribution is 7.99. The van der Waals surface area contributed by atoms with E-state index in [1.54, 1.807) is 13.4 Å². The molecule has 34 heavy (non-hydrogen) atoms. The lowest BCUT2D eigenvalue weighted by atomic mass is 10.0. The molecule has 4 aromatic rings. The summed E-state index contributed by atoms with van der Waals surface area (Å²) >= 11 is 1.34. The molecule has 9 heteroatoms. The maximum Gasteiger partial charge on any atom is 0.253 e. The lowest BCUT2D eigenvalue weighted by Gasteiger charge is -2.19. The molecule has 2 aromatic carbocycles. The van der Waals surface area contributed by atoms with Gasteiger partial charge in [-0.05, 0) is 42.0 Å². The average Bonchev–Trinajstić information content (AvgIpc) is 3.63. The Morgan fingerprint density at radius 2 is 1.85 bits per heavy atom. The molecule has 0 saturated heterocycles. The molecule has 0 radical (unpaired) electrons. The van der Waals surface area contributed by atoms with Gasteiger partial charge in [0.05, 0.1) is 24.8 Å². The molecule has 2 aromatic heterocycles. The maximum atomic E-state index is 13.3. The smallest absolute Gasteiger partial charge is 0.253 e. The number of ether oxygens (including phenoxy) is 1. The molecular weight excluding hydrogens is 450 g/mol. The summed E-state index contributed by atoms with van der Waals surface area (Å²) in [5.41, 5.74) is 2.75. The standard InChI is InChI=1S/C25H23N5O3S/c1-29-24(18-7-4-3-5-8-18)26-27-25(29)34-16-23(31)30-21(22-9-6-14-33-22)15-20(28-30)17-10-12-19(32-2)13-11-17/h3-14,21H,15-16H2,1-2H3. The van der Waals surface area contributed by atoms with Crippen LogP contribution in [0.3, 0.4) is 0 Å². The van der Waals surface area contributed by atoms with Crippen molar-refractivity contribution in [3.05, 3.63) is 84.3 Å². The van der Waals surface area contributed by atoms with E-state index in [4.69, 9.17) is 9.15 Å². The number of hydrogen-bond acceptors (Lipinski definition) is 7. The van der Waals surface area contributed by atoms with Gasteiger partial charge in [-0.3, -0.25) is 4.79 Å². The Labute approximate surface area is 201 Å². The van der Waals surface area contributed by atoms with Crippen molar-refractivity contribution < 1.29 is 13.9 Å². The third kappa shape index (κ3) is 4.34. The number of hydrazone groups is 1. The largest absolute Gasteiger partial charge is 0.497 e. The van der Waals surface area contributed by atoms with E-state index < -0.39 is 0 Å². The Kier molecular flexibility index (Phi) is 6.18. The predicted octanol–water partition coefficient (Wildman–Crippen LogP) is 4.55. The maximum absolute atomic E-state index is 13.3. The molecule has 1 atom stereocenters. The van der Waals surface area contributed by atoms with Gasteiger partial charge in [0, 0.05) is 19.0 Å². The second kappa shape index (κ2) is 9.56. The Hall–Kier alpha value is -3.85. The number of aromatic nitrogens is 3. The van der Waals surface area contributed by atoms with E-state index in [9.17, 15) is 4.79 Å². The summed E-state index contributed by atoms with van der Waals surface area (Å²) < 4.78 is 12.8. The van der Waals surface area contributed by atoms with E-state index in [0.29, 0.717) is 17.3 Å². The lowest BCUT2D eigenvalue weighted by Crippen LogP contribution is -2.28. The number of methoxy groups -OCH3 is 1. The summed E-state index contributed by atoms with van der Waals surface area (Å²) in [6, 6.07) is 20.9. The van der Waals surface area contributed by atoms with Crippen LogP contribution >= 0.6 is 11.8 Å². The summed E-state index contributed by atoms with van der Waals surface area (Å²) in [6.45, 7) is 0. The summed E-state index contributed by atoms with van der Waals surface area (Å²) in [5.74, 6) is 2.28. The molecule has 8 nitrogen and oxygen atoms in total. The van der Waals surface area contributed by atoms with Crippen LogP contribution < -0.4 is 4.74 Å². The minimum absolute atomic E-state index is 0.126. The van der Waals surface area contributed by atoms with Crippen LogP contribution in [0.5, 0.6) is 5.75 Å². The zero-order chi connectivity index (χ0) is 23.5. The second-order valence-corrected chi connectivity index (χ2v) is 8.71. The molecule has 3 heterocycles. The molecule has 0 spiro atoms. The topological polar surface area (TPSA) is 85.8 Å². The minimum Gasteiger partial charge on any atom is -0.497 e. The van der Waals surface area contributed by atoms with E-state index in [2.05, 4.69) is 15.3 Å². The Morgan fingerprint density at radius 1 is 1.06 bits per heavy atom. The van der Waals surface area contributed by atoms with Crippen LogP contribution in [0.2, 0.25) is 0 Å². The molecule has 0 saturated carbocycles. The number of hydrogen-bond donors (Lipinski definition) is 0. The lowest BCUT2D eigenvalue weighted by molar-refractivity contribution is -0.130. The third-order valence-corrected chi connectivity index (χ3v) is 6.66. The van der Waals surface area contributed by atoms with Gasteiger partial charge in [-0.1, -0.05) is 42.1 Å². The van der Waals surface area contributed by atoms with Crippen molar-refractivity contribution in [2.45, 2.75) is 17.6 Å². The van der Waals surface area contributed by atoms with Gasteiger partial charge in [-0.2, -0.15) is 5.10 Å². The molecule has 0 bridgehead atoms. The third-order valence-electron chi connectivity index (χ3n) is 5.65. The van der Waals surface area contributed by atoms with E-state index in [1.807, 2.05) is 78.3 Å². The number of thioether (sulfide) groups is 1. The Morgan fingerprint density at radius 3 is 2.56 bits per heavy atom. The van der Waals surface area contributed by atoms with Crippen molar-refractivity contribution >= 4 is 23.4 Å². The van der Waals surface area contributed by atoms with Crippen LogP contribution in [-0.2, 0) is 11.8 Å². The fourth-order valence-electron chi connectivity index (χ4n) is 3.87. The highest BCUT2D eigenvalue weighted by Gasteiger charge is 2.35. The van der Waals surface area contributed by atoms with Crippen LogP contribution in [0.4, 0.5) is 0 Å². The monoisotopic (exact) mass is 473 g/mol. The van der Waals surface area contributed by atoms with Crippen LogP contribution in [0.25, 0.3) is 11.4 Å². The minimum atomic E-state index is -0.292. The summed E-state index contributed by atoms with van der Waals surface area (Å²) in [5, 5.41) is 15.5. The highest BCUT2D eigenvalue weighted by atomic mass is 32.2. The number of amides is 1. The molecule has 5 rings (SSSR count). The van der Waals surface area contributed by atoms with Crippen molar-refractivity contribution in [2.75, 3.05) is 12.9 Å². The predicted molar refractivity (Wildman–Crippen MR) is 130 cm³/mol. The molecule has 0 N–H and O–H groups in total. The first-order valence-electron chi connectivity index (χ1n) is 10.8.